The third-order valence-electron chi connectivity index (χ3n) is 4.70. The molecule has 0 spiro atoms. The molecule has 0 heterocycles. The summed E-state index contributed by atoms with van der Waals surface area (Å²) in [7, 11) is 1.69. The van der Waals surface area contributed by atoms with Gasteiger partial charge in [0.2, 0.25) is 0 Å². The first-order valence-electron chi connectivity index (χ1n) is 8.34. The van der Waals surface area contributed by atoms with Crippen LogP contribution in [0.2, 0.25) is 0 Å². The topological polar surface area (TPSA) is 59.6 Å². The number of aryl methyl sites for hydroxylation is 1. The Kier molecular flexibility index (Phi) is 4.86. The van der Waals surface area contributed by atoms with Crippen LogP contribution < -0.4 is 11.1 Å². The Hall–Kier alpha value is -2.33. The van der Waals surface area contributed by atoms with E-state index in [1.807, 2.05) is 24.3 Å². The summed E-state index contributed by atoms with van der Waals surface area (Å²) < 4.78 is 5.22. The summed E-state index contributed by atoms with van der Waals surface area (Å²) >= 11 is 0. The monoisotopic (exact) mass is 323 g/mol. The maximum absolute atomic E-state index is 6.12. The summed E-state index contributed by atoms with van der Waals surface area (Å²) in [6.45, 7) is 3.44. The number of para-hydroxylation sites is 1. The molecule has 1 aliphatic rings. The molecule has 0 amide bonds. The predicted octanol–water partition coefficient (Wildman–Crippen LogP) is 3.60. The van der Waals surface area contributed by atoms with Gasteiger partial charge in [0.05, 0.1) is 13.2 Å². The van der Waals surface area contributed by atoms with Gasteiger partial charge in [0.25, 0.3) is 0 Å². The van der Waals surface area contributed by atoms with E-state index in [1.54, 1.807) is 7.11 Å². The molecular formula is C20H25N3O. The number of anilines is 1. The molecule has 0 aliphatic heterocycles. The van der Waals surface area contributed by atoms with Crippen LogP contribution in [-0.2, 0) is 16.8 Å². The Balaban J connectivity index is 1.70. The van der Waals surface area contributed by atoms with E-state index in [9.17, 15) is 0 Å². The van der Waals surface area contributed by atoms with Crippen LogP contribution in [0.4, 0.5) is 5.69 Å². The van der Waals surface area contributed by atoms with Crippen LogP contribution in [0.5, 0.6) is 0 Å². The molecule has 0 atom stereocenters. The van der Waals surface area contributed by atoms with Crippen molar-refractivity contribution in [1.29, 1.82) is 0 Å². The number of ether oxygens (including phenoxy) is 1. The van der Waals surface area contributed by atoms with E-state index in [1.165, 1.54) is 24.0 Å². The fraction of sp³-hybridized carbons (Fsp3) is 0.350. The van der Waals surface area contributed by atoms with Crippen LogP contribution in [-0.4, -0.2) is 19.6 Å². The lowest BCUT2D eigenvalue weighted by molar-refractivity contribution is 0.185. The minimum absolute atomic E-state index is 0.170. The molecule has 0 bridgehead atoms. The number of benzene rings is 2. The van der Waals surface area contributed by atoms with Crippen LogP contribution in [0.3, 0.4) is 0 Å². The van der Waals surface area contributed by atoms with Crippen molar-refractivity contribution in [3.05, 3.63) is 65.2 Å². The van der Waals surface area contributed by atoms with Gasteiger partial charge in [-0.25, -0.2) is 0 Å². The molecule has 1 fully saturated rings. The molecule has 2 aromatic carbocycles. The summed E-state index contributed by atoms with van der Waals surface area (Å²) in [6.07, 6.45) is 2.35. The minimum atomic E-state index is 0.170. The lowest BCUT2D eigenvalue weighted by Gasteiger charge is -2.17. The molecule has 2 aromatic rings. The summed E-state index contributed by atoms with van der Waals surface area (Å²) in [5.41, 5.74) is 11.0. The highest BCUT2D eigenvalue weighted by Gasteiger charge is 2.44. The van der Waals surface area contributed by atoms with Crippen LogP contribution >= 0.6 is 0 Å². The average molecular weight is 323 g/mol. The van der Waals surface area contributed by atoms with Gasteiger partial charge < -0.3 is 15.8 Å². The lowest BCUT2D eigenvalue weighted by Crippen LogP contribution is -2.25. The molecule has 24 heavy (non-hydrogen) atoms. The van der Waals surface area contributed by atoms with Gasteiger partial charge >= 0.3 is 0 Å². The number of guanidine groups is 1. The fourth-order valence-corrected chi connectivity index (χ4v) is 3.17. The van der Waals surface area contributed by atoms with Crippen LogP contribution in [0.15, 0.2) is 53.5 Å². The summed E-state index contributed by atoms with van der Waals surface area (Å²) in [5.74, 6) is 0.457. The number of hydrogen-bond acceptors (Lipinski definition) is 2. The molecule has 4 nitrogen and oxygen atoms in total. The first kappa shape index (κ1) is 16.5. The summed E-state index contributed by atoms with van der Waals surface area (Å²) in [4.78, 5) is 4.61. The van der Waals surface area contributed by atoms with E-state index in [4.69, 9.17) is 10.5 Å². The van der Waals surface area contributed by atoms with Gasteiger partial charge in [-0.1, -0.05) is 42.5 Å². The van der Waals surface area contributed by atoms with Gasteiger partial charge in [0, 0.05) is 23.8 Å². The molecule has 1 aliphatic carbocycles. The Morgan fingerprint density at radius 3 is 2.58 bits per heavy atom. The van der Waals surface area contributed by atoms with Crippen molar-refractivity contribution in [2.45, 2.75) is 31.8 Å². The highest BCUT2D eigenvalue weighted by atomic mass is 16.5. The first-order chi connectivity index (χ1) is 11.6. The maximum atomic E-state index is 6.12. The second kappa shape index (κ2) is 7.05. The number of nitrogens with two attached hydrogens (primary N) is 1. The normalized spacial score (nSPS) is 16.0. The maximum Gasteiger partial charge on any atom is 0.193 e. The van der Waals surface area contributed by atoms with Crippen LogP contribution in [0, 0.1) is 6.92 Å². The Morgan fingerprint density at radius 1 is 1.17 bits per heavy atom. The van der Waals surface area contributed by atoms with E-state index >= 15 is 0 Å². The van der Waals surface area contributed by atoms with Crippen molar-refractivity contribution in [2.75, 3.05) is 19.0 Å². The van der Waals surface area contributed by atoms with Crippen molar-refractivity contribution in [1.82, 2.24) is 0 Å². The van der Waals surface area contributed by atoms with E-state index in [-0.39, 0.29) is 5.41 Å². The molecule has 0 saturated heterocycles. The number of nitrogens with one attached hydrogen (secondary N) is 1. The number of hydrogen-bond donors (Lipinski definition) is 2. The first-order valence-corrected chi connectivity index (χ1v) is 8.34. The van der Waals surface area contributed by atoms with E-state index in [0.29, 0.717) is 12.6 Å². The van der Waals surface area contributed by atoms with Gasteiger partial charge in [-0.3, -0.25) is 4.99 Å². The Morgan fingerprint density at radius 2 is 1.88 bits per heavy atom. The van der Waals surface area contributed by atoms with Crippen molar-refractivity contribution >= 4 is 11.6 Å². The molecule has 4 heteroatoms. The highest BCUT2D eigenvalue weighted by molar-refractivity contribution is 5.93. The average Bonchev–Trinajstić information content (AvgIpc) is 3.36. The highest BCUT2D eigenvalue weighted by Crippen LogP contribution is 2.49. The van der Waals surface area contributed by atoms with Crippen molar-refractivity contribution < 1.29 is 4.74 Å². The van der Waals surface area contributed by atoms with Crippen molar-refractivity contribution in [2.24, 2.45) is 10.7 Å². The standard InChI is InChI=1S/C20H25N3O/c1-15-7-3-5-9-17(15)20(11-12-20)14-22-19(21)23-18-10-6-4-8-16(18)13-24-2/h3-10H,11-14H2,1-2H3,(H3,21,22,23). The Bertz CT molecular complexity index is 735. The third-order valence-corrected chi connectivity index (χ3v) is 4.70. The van der Waals surface area contributed by atoms with Crippen LogP contribution in [0.25, 0.3) is 0 Å². The molecule has 0 aromatic heterocycles. The number of methoxy groups -OCH3 is 1. The molecule has 0 radical (unpaired) electrons. The number of aliphatic imine (C=N–C) groups is 1. The largest absolute Gasteiger partial charge is 0.380 e. The molecular weight excluding hydrogens is 298 g/mol. The number of nitrogens with zero attached hydrogens (tertiary/aromatic N) is 1. The minimum Gasteiger partial charge on any atom is -0.380 e. The zero-order valence-corrected chi connectivity index (χ0v) is 14.4. The SMILES string of the molecule is COCc1ccccc1NC(N)=NCC1(c2ccccc2C)CC1. The van der Waals surface area contributed by atoms with Gasteiger partial charge in [-0.15, -0.1) is 0 Å². The van der Waals surface area contributed by atoms with Crippen LogP contribution in [0.1, 0.15) is 29.5 Å². The second-order valence-corrected chi connectivity index (χ2v) is 6.51. The summed E-state index contributed by atoms with van der Waals surface area (Å²) in [6, 6.07) is 16.6. The van der Waals surface area contributed by atoms with Gasteiger partial charge in [-0.2, -0.15) is 0 Å². The van der Waals surface area contributed by atoms with Gasteiger partial charge in [0.1, 0.15) is 0 Å². The Labute approximate surface area is 143 Å². The zero-order chi connectivity index (χ0) is 17.0. The number of rotatable bonds is 6. The lowest BCUT2D eigenvalue weighted by atomic mass is 9.92. The van der Waals surface area contributed by atoms with E-state index in [0.717, 1.165) is 17.8 Å². The summed E-state index contributed by atoms with van der Waals surface area (Å²) in [5, 5.41) is 3.21. The van der Waals surface area contributed by atoms with E-state index < -0.39 is 0 Å². The van der Waals surface area contributed by atoms with Gasteiger partial charge in [0.15, 0.2) is 5.96 Å². The second-order valence-electron chi connectivity index (χ2n) is 6.51. The van der Waals surface area contributed by atoms with Gasteiger partial charge in [-0.05, 0) is 37.0 Å². The molecule has 126 valence electrons. The fourth-order valence-electron chi connectivity index (χ4n) is 3.17. The van der Waals surface area contributed by atoms with E-state index in [2.05, 4.69) is 41.5 Å². The molecule has 3 rings (SSSR count). The zero-order valence-electron chi connectivity index (χ0n) is 14.4. The van der Waals surface area contributed by atoms with Crippen molar-refractivity contribution in [3.63, 3.8) is 0 Å². The third kappa shape index (κ3) is 3.60. The quantitative estimate of drug-likeness (QED) is 0.631. The predicted molar refractivity (Wildman–Crippen MR) is 99.4 cm³/mol. The molecule has 3 N–H and O–H groups in total. The van der Waals surface area contributed by atoms with Crippen molar-refractivity contribution in [3.8, 4) is 0 Å². The smallest absolute Gasteiger partial charge is 0.193 e. The molecule has 0 unspecified atom stereocenters. The molecule has 1 saturated carbocycles.